The maximum atomic E-state index is 5.66. The summed E-state index contributed by atoms with van der Waals surface area (Å²) >= 11 is 5.66. The number of ether oxygens (including phenoxy) is 1. The van der Waals surface area contributed by atoms with Crippen LogP contribution in [0, 0.1) is 6.61 Å². The summed E-state index contributed by atoms with van der Waals surface area (Å²) in [7, 11) is 1.62. The van der Waals surface area contributed by atoms with Crippen molar-refractivity contribution in [2.24, 2.45) is 0 Å². The van der Waals surface area contributed by atoms with Crippen molar-refractivity contribution in [3.63, 3.8) is 0 Å². The fraction of sp³-hybridized carbons (Fsp3) is 0.125. The van der Waals surface area contributed by atoms with Crippen LogP contribution in [0.25, 0.3) is 0 Å². The summed E-state index contributed by atoms with van der Waals surface area (Å²) in [4.78, 5) is 0. The third-order valence-corrected chi connectivity index (χ3v) is 1.38. The highest BCUT2D eigenvalue weighted by atomic mass is 35.5. The van der Waals surface area contributed by atoms with Crippen molar-refractivity contribution in [1.29, 1.82) is 0 Å². The lowest BCUT2D eigenvalue weighted by molar-refractivity contribution is 0.292. The van der Waals surface area contributed by atoms with E-state index < -0.39 is 0 Å². The van der Waals surface area contributed by atoms with Gasteiger partial charge in [-0.3, -0.25) is 0 Å². The summed E-state index contributed by atoms with van der Waals surface area (Å²) in [5.41, 5.74) is 1.02. The molecule has 0 aliphatic carbocycles. The number of benzene rings is 1. The molecule has 0 saturated carbocycles. The number of halogens is 1. The van der Waals surface area contributed by atoms with Crippen LogP contribution in [0.1, 0.15) is 5.56 Å². The van der Waals surface area contributed by atoms with Gasteiger partial charge >= 0.3 is 0 Å². The van der Waals surface area contributed by atoms with E-state index in [-0.39, 0.29) is 0 Å². The molecule has 0 aliphatic rings. The topological polar surface area (TPSA) is 9.23 Å². The molecule has 0 amide bonds. The molecule has 1 aromatic carbocycles. The number of methoxy groups -OCH3 is 1. The zero-order valence-corrected chi connectivity index (χ0v) is 6.43. The van der Waals surface area contributed by atoms with Crippen LogP contribution >= 0.6 is 11.6 Å². The van der Waals surface area contributed by atoms with E-state index in [2.05, 4.69) is 0 Å². The molecular formula is C8H8ClO-. The molecule has 2 heteroatoms. The Morgan fingerprint density at radius 3 is 2.40 bits per heavy atom. The van der Waals surface area contributed by atoms with Crippen molar-refractivity contribution < 1.29 is 4.74 Å². The van der Waals surface area contributed by atoms with Crippen LogP contribution in [0.4, 0.5) is 0 Å². The van der Waals surface area contributed by atoms with Crippen molar-refractivity contribution in [3.05, 3.63) is 41.5 Å². The molecule has 0 heterocycles. The van der Waals surface area contributed by atoms with Crippen LogP contribution in [0.15, 0.2) is 24.3 Å². The van der Waals surface area contributed by atoms with Gasteiger partial charge in [-0.1, -0.05) is 30.3 Å². The molecule has 1 aromatic rings. The summed E-state index contributed by atoms with van der Waals surface area (Å²) < 4.78 is 4.80. The van der Waals surface area contributed by atoms with E-state index in [0.717, 1.165) is 10.6 Å². The molecule has 54 valence electrons. The molecule has 0 saturated heterocycles. The highest BCUT2D eigenvalue weighted by Crippen LogP contribution is 2.10. The van der Waals surface area contributed by atoms with Crippen molar-refractivity contribution in [3.8, 4) is 0 Å². The van der Waals surface area contributed by atoms with Crippen LogP contribution in [-0.4, -0.2) is 7.11 Å². The molecule has 0 aliphatic heterocycles. The average Bonchev–Trinajstić information content (AvgIpc) is 1.95. The maximum Gasteiger partial charge on any atom is 0.0259 e. The predicted octanol–water partition coefficient (Wildman–Crippen LogP) is 2.50. The summed E-state index contributed by atoms with van der Waals surface area (Å²) in [5.74, 6) is 0. The summed E-state index contributed by atoms with van der Waals surface area (Å²) in [6.07, 6.45) is 0. The summed E-state index contributed by atoms with van der Waals surface area (Å²) in [5, 5.41) is 0.744. The minimum atomic E-state index is 0.744. The predicted molar refractivity (Wildman–Crippen MR) is 41.9 cm³/mol. The van der Waals surface area contributed by atoms with Crippen LogP contribution in [-0.2, 0) is 4.74 Å². The quantitative estimate of drug-likeness (QED) is 0.597. The van der Waals surface area contributed by atoms with Gasteiger partial charge in [-0.05, 0) is 0 Å². The zero-order valence-electron chi connectivity index (χ0n) is 5.67. The van der Waals surface area contributed by atoms with Gasteiger partial charge in [-0.15, -0.1) is 0 Å². The number of hydrogen-bond acceptors (Lipinski definition) is 1. The maximum absolute atomic E-state index is 5.66. The van der Waals surface area contributed by atoms with Gasteiger partial charge in [0.25, 0.3) is 0 Å². The van der Waals surface area contributed by atoms with Crippen LogP contribution in [0.3, 0.4) is 0 Å². The van der Waals surface area contributed by atoms with Gasteiger partial charge in [0.1, 0.15) is 0 Å². The third-order valence-electron chi connectivity index (χ3n) is 1.12. The number of rotatable bonds is 2. The standard InChI is InChI=1S/C8H8ClO/c1-10-6-7-2-4-8(9)5-3-7/h2-6H,1H3/q-1. The Kier molecular flexibility index (Phi) is 2.60. The Labute approximate surface area is 65.6 Å². The molecule has 0 N–H and O–H groups in total. The van der Waals surface area contributed by atoms with E-state index >= 15 is 0 Å². The molecule has 10 heavy (non-hydrogen) atoms. The first-order valence-corrected chi connectivity index (χ1v) is 3.32. The number of hydrogen-bond donors (Lipinski definition) is 0. The Morgan fingerprint density at radius 2 is 1.90 bits per heavy atom. The van der Waals surface area contributed by atoms with Crippen molar-refractivity contribution >= 4 is 11.6 Å². The SMILES string of the molecule is CO[CH-]c1ccc(Cl)cc1. The first-order chi connectivity index (χ1) is 4.83. The van der Waals surface area contributed by atoms with Gasteiger partial charge in [-0.25, -0.2) is 0 Å². The monoisotopic (exact) mass is 155 g/mol. The van der Waals surface area contributed by atoms with Crippen LogP contribution in [0.5, 0.6) is 0 Å². The first-order valence-electron chi connectivity index (χ1n) is 2.94. The summed E-state index contributed by atoms with van der Waals surface area (Å²) in [6.45, 7) is 1.66. The van der Waals surface area contributed by atoms with Crippen molar-refractivity contribution in [1.82, 2.24) is 0 Å². The highest BCUT2D eigenvalue weighted by Gasteiger charge is 1.80. The lowest BCUT2D eigenvalue weighted by Crippen LogP contribution is -1.81. The van der Waals surface area contributed by atoms with E-state index in [1.807, 2.05) is 24.3 Å². The molecule has 0 aromatic heterocycles. The van der Waals surface area contributed by atoms with Gasteiger partial charge in [0, 0.05) is 12.1 Å². The van der Waals surface area contributed by atoms with E-state index in [0.29, 0.717) is 0 Å². The molecule has 0 unspecified atom stereocenters. The minimum Gasteiger partial charge on any atom is -0.417 e. The average molecular weight is 156 g/mol. The smallest absolute Gasteiger partial charge is 0.0259 e. The molecule has 0 bridgehead atoms. The molecule has 1 rings (SSSR count). The zero-order chi connectivity index (χ0) is 7.40. The van der Waals surface area contributed by atoms with Crippen LogP contribution in [0.2, 0.25) is 5.02 Å². The molecule has 0 spiro atoms. The third kappa shape index (κ3) is 1.94. The summed E-state index contributed by atoms with van der Waals surface area (Å²) in [6, 6.07) is 7.44. The van der Waals surface area contributed by atoms with E-state index in [9.17, 15) is 0 Å². The molecular weight excluding hydrogens is 148 g/mol. The van der Waals surface area contributed by atoms with Gasteiger partial charge < -0.3 is 4.74 Å². The molecule has 0 atom stereocenters. The minimum absolute atomic E-state index is 0.744. The Hall–Kier alpha value is -0.660. The van der Waals surface area contributed by atoms with Gasteiger partial charge in [0.05, 0.1) is 0 Å². The lowest BCUT2D eigenvalue weighted by Gasteiger charge is -2.06. The molecule has 1 nitrogen and oxygen atoms in total. The second-order valence-electron chi connectivity index (χ2n) is 1.91. The van der Waals surface area contributed by atoms with Crippen molar-refractivity contribution in [2.45, 2.75) is 0 Å². The fourth-order valence-corrected chi connectivity index (χ4v) is 0.803. The van der Waals surface area contributed by atoms with Gasteiger partial charge in [-0.2, -0.15) is 17.7 Å². The largest absolute Gasteiger partial charge is 0.417 e. The lowest BCUT2D eigenvalue weighted by atomic mass is 10.2. The molecule has 0 fully saturated rings. The van der Waals surface area contributed by atoms with Gasteiger partial charge in [0.15, 0.2) is 0 Å². The first kappa shape index (κ1) is 7.45. The van der Waals surface area contributed by atoms with E-state index in [1.165, 1.54) is 0 Å². The van der Waals surface area contributed by atoms with Gasteiger partial charge in [0.2, 0.25) is 0 Å². The second kappa shape index (κ2) is 3.49. The van der Waals surface area contributed by atoms with Crippen molar-refractivity contribution in [2.75, 3.05) is 7.11 Å². The van der Waals surface area contributed by atoms with E-state index in [1.54, 1.807) is 13.7 Å². The molecule has 0 radical (unpaired) electrons. The normalized spacial score (nSPS) is 9.40. The second-order valence-corrected chi connectivity index (χ2v) is 2.34. The fourth-order valence-electron chi connectivity index (χ4n) is 0.677. The van der Waals surface area contributed by atoms with E-state index in [4.69, 9.17) is 16.3 Å². The highest BCUT2D eigenvalue weighted by molar-refractivity contribution is 6.30. The Morgan fingerprint density at radius 1 is 1.30 bits per heavy atom. The Balaban J connectivity index is 2.69. The van der Waals surface area contributed by atoms with Crippen LogP contribution < -0.4 is 0 Å². The Bertz CT molecular complexity index is 193.